The summed E-state index contributed by atoms with van der Waals surface area (Å²) in [7, 11) is 1.50. The molecule has 1 aromatic heterocycles. The molecule has 0 aliphatic carbocycles. The highest BCUT2D eigenvalue weighted by Gasteiger charge is 2.21. The Hall–Kier alpha value is -2.31. The number of allylic oxidation sites excluding steroid dienone is 1. The molecule has 0 saturated carbocycles. The van der Waals surface area contributed by atoms with Gasteiger partial charge in [0.25, 0.3) is 5.56 Å². The highest BCUT2D eigenvalue weighted by molar-refractivity contribution is 9.10. The van der Waals surface area contributed by atoms with E-state index in [1.165, 1.54) is 7.11 Å². The number of phenols is 1. The van der Waals surface area contributed by atoms with Gasteiger partial charge in [0.05, 0.1) is 18.0 Å². The normalized spacial score (nSPS) is 14.8. The summed E-state index contributed by atoms with van der Waals surface area (Å²) in [6.45, 7) is 0.575. The summed E-state index contributed by atoms with van der Waals surface area (Å²) in [6, 6.07) is 8.43. The molecule has 0 unspecified atom stereocenters. The summed E-state index contributed by atoms with van der Waals surface area (Å²) in [5, 5.41) is 11.1. The molecule has 0 atom stereocenters. The summed E-state index contributed by atoms with van der Waals surface area (Å²) >= 11 is 9.54. The van der Waals surface area contributed by atoms with Gasteiger partial charge in [-0.2, -0.15) is 0 Å². The summed E-state index contributed by atoms with van der Waals surface area (Å²) in [4.78, 5) is 17.4. The van der Waals surface area contributed by atoms with Crippen molar-refractivity contribution in [1.29, 1.82) is 0 Å². The van der Waals surface area contributed by atoms with Gasteiger partial charge >= 0.3 is 0 Å². The molecule has 0 saturated heterocycles. The fourth-order valence-corrected chi connectivity index (χ4v) is 3.75. The summed E-state index contributed by atoms with van der Waals surface area (Å²) in [5.74, 6) is 1.07. The summed E-state index contributed by atoms with van der Waals surface area (Å²) in [5.41, 5.74) is 2.22. The van der Waals surface area contributed by atoms with Crippen LogP contribution in [0.4, 0.5) is 0 Å². The predicted octanol–water partition coefficient (Wildman–Crippen LogP) is 4.47. The van der Waals surface area contributed by atoms with Crippen LogP contribution in [0.15, 0.2) is 39.6 Å². The zero-order valence-electron chi connectivity index (χ0n) is 13.8. The van der Waals surface area contributed by atoms with E-state index in [0.717, 1.165) is 15.6 Å². The van der Waals surface area contributed by atoms with E-state index in [1.54, 1.807) is 34.9 Å². The van der Waals surface area contributed by atoms with Gasteiger partial charge < -0.3 is 9.84 Å². The molecule has 4 rings (SSSR count). The molecule has 0 spiro atoms. The Morgan fingerprint density at radius 2 is 2.15 bits per heavy atom. The van der Waals surface area contributed by atoms with Gasteiger partial charge in [-0.15, -0.1) is 0 Å². The van der Waals surface area contributed by atoms with Gasteiger partial charge in [0.15, 0.2) is 11.5 Å². The van der Waals surface area contributed by atoms with E-state index in [4.69, 9.17) is 16.3 Å². The molecule has 2 heterocycles. The molecule has 0 fully saturated rings. The lowest BCUT2D eigenvalue weighted by Gasteiger charge is -2.08. The first-order chi connectivity index (χ1) is 12.5. The number of fused-ring (bicyclic) bond motifs is 2. The van der Waals surface area contributed by atoms with E-state index < -0.39 is 0 Å². The van der Waals surface area contributed by atoms with Gasteiger partial charge in [-0.1, -0.05) is 27.5 Å². The van der Waals surface area contributed by atoms with Crippen LogP contribution in [0.3, 0.4) is 0 Å². The van der Waals surface area contributed by atoms with E-state index in [2.05, 4.69) is 20.9 Å². The first-order valence-electron chi connectivity index (χ1n) is 7.95. The average Bonchev–Trinajstić information content (AvgIpc) is 3.00. The van der Waals surface area contributed by atoms with Crippen LogP contribution in [-0.2, 0) is 6.54 Å². The van der Waals surface area contributed by atoms with Crippen LogP contribution in [0, 0.1) is 0 Å². The zero-order chi connectivity index (χ0) is 18.4. The topological polar surface area (TPSA) is 64.4 Å². The van der Waals surface area contributed by atoms with Crippen LogP contribution in [0.25, 0.3) is 22.6 Å². The monoisotopic (exact) mass is 432 g/mol. The highest BCUT2D eigenvalue weighted by Crippen LogP contribution is 2.36. The van der Waals surface area contributed by atoms with Crippen molar-refractivity contribution in [3.8, 4) is 11.5 Å². The lowest BCUT2D eigenvalue weighted by molar-refractivity contribution is 0.373. The Morgan fingerprint density at radius 1 is 1.35 bits per heavy atom. The van der Waals surface area contributed by atoms with E-state index in [1.807, 2.05) is 6.08 Å². The van der Waals surface area contributed by atoms with Crippen LogP contribution in [-0.4, -0.2) is 21.8 Å². The zero-order valence-corrected chi connectivity index (χ0v) is 16.1. The van der Waals surface area contributed by atoms with Gasteiger partial charge in [-0.05, 0) is 54.0 Å². The number of hydrogen-bond acceptors (Lipinski definition) is 4. The molecule has 1 aliphatic rings. The molecule has 7 heteroatoms. The molecule has 0 bridgehead atoms. The van der Waals surface area contributed by atoms with Crippen LogP contribution in [0.1, 0.15) is 17.8 Å². The Labute approximate surface area is 162 Å². The minimum Gasteiger partial charge on any atom is -0.504 e. The minimum atomic E-state index is -0.0679. The molecule has 1 N–H and O–H groups in total. The van der Waals surface area contributed by atoms with Crippen molar-refractivity contribution in [2.24, 2.45) is 0 Å². The third kappa shape index (κ3) is 2.79. The standard InChI is InChI=1S/C19H14BrClN2O3/c1-26-17-9-14(20)11(7-16(17)24)6-10-4-5-23-18(10)22-15-8-12(21)2-3-13(15)19(23)25/h2-3,6-9,24H,4-5H2,1H3/b10-6+. The first kappa shape index (κ1) is 17.1. The van der Waals surface area contributed by atoms with Crippen LogP contribution < -0.4 is 10.3 Å². The number of phenolic OH excluding ortho intramolecular Hbond substituents is 1. The molecule has 5 nitrogen and oxygen atoms in total. The van der Waals surface area contributed by atoms with Crippen LogP contribution in [0.5, 0.6) is 11.5 Å². The number of ether oxygens (including phenoxy) is 1. The van der Waals surface area contributed by atoms with Crippen molar-refractivity contribution in [1.82, 2.24) is 9.55 Å². The molecular weight excluding hydrogens is 420 g/mol. The van der Waals surface area contributed by atoms with Crippen LogP contribution in [0.2, 0.25) is 5.02 Å². The maximum atomic E-state index is 12.7. The van der Waals surface area contributed by atoms with Gasteiger partial charge in [0.2, 0.25) is 0 Å². The number of aromatic hydroxyl groups is 1. The van der Waals surface area contributed by atoms with Gasteiger partial charge in [-0.3, -0.25) is 9.36 Å². The first-order valence-corrected chi connectivity index (χ1v) is 9.12. The Bertz CT molecular complexity index is 1140. The lowest BCUT2D eigenvalue weighted by Crippen LogP contribution is -2.20. The van der Waals surface area contributed by atoms with Crippen molar-refractivity contribution in [2.45, 2.75) is 13.0 Å². The number of benzene rings is 2. The third-order valence-electron chi connectivity index (χ3n) is 4.44. The molecule has 26 heavy (non-hydrogen) atoms. The fourth-order valence-electron chi connectivity index (χ4n) is 3.15. The second-order valence-corrected chi connectivity index (χ2v) is 7.31. The predicted molar refractivity (Wildman–Crippen MR) is 106 cm³/mol. The SMILES string of the molecule is COc1cc(Br)c(/C=C2\CCn3c2nc2cc(Cl)ccc2c3=O)cc1O. The van der Waals surface area contributed by atoms with E-state index in [0.29, 0.717) is 40.5 Å². The molecule has 1 aliphatic heterocycles. The number of aromatic nitrogens is 2. The van der Waals surface area contributed by atoms with Gasteiger partial charge in [0, 0.05) is 16.0 Å². The maximum absolute atomic E-state index is 12.7. The van der Waals surface area contributed by atoms with Gasteiger partial charge in [0.1, 0.15) is 5.82 Å². The van der Waals surface area contributed by atoms with Crippen molar-refractivity contribution in [2.75, 3.05) is 7.11 Å². The average molecular weight is 434 g/mol. The van der Waals surface area contributed by atoms with E-state index in [9.17, 15) is 9.90 Å². The quantitative estimate of drug-likeness (QED) is 0.647. The third-order valence-corrected chi connectivity index (χ3v) is 5.36. The van der Waals surface area contributed by atoms with Crippen molar-refractivity contribution in [3.63, 3.8) is 0 Å². The number of methoxy groups -OCH3 is 1. The molecule has 2 aromatic carbocycles. The van der Waals surface area contributed by atoms with Gasteiger partial charge in [-0.25, -0.2) is 4.98 Å². The Kier molecular flexibility index (Phi) is 4.25. The van der Waals surface area contributed by atoms with E-state index >= 15 is 0 Å². The maximum Gasteiger partial charge on any atom is 0.261 e. The molecular formula is C19H14BrClN2O3. The van der Waals surface area contributed by atoms with Crippen LogP contribution >= 0.6 is 27.5 Å². The number of halogens is 2. The minimum absolute atomic E-state index is 0.0520. The van der Waals surface area contributed by atoms with Crippen molar-refractivity contribution in [3.05, 3.63) is 61.6 Å². The second kappa shape index (κ2) is 6.45. The fraction of sp³-hybridized carbons (Fsp3) is 0.158. The van der Waals surface area contributed by atoms with E-state index in [-0.39, 0.29) is 11.3 Å². The molecule has 132 valence electrons. The molecule has 0 amide bonds. The highest BCUT2D eigenvalue weighted by atomic mass is 79.9. The van der Waals surface area contributed by atoms with Crippen molar-refractivity contribution < 1.29 is 9.84 Å². The largest absolute Gasteiger partial charge is 0.504 e. The summed E-state index contributed by atoms with van der Waals surface area (Å²) in [6.07, 6.45) is 2.61. The summed E-state index contributed by atoms with van der Waals surface area (Å²) < 4.78 is 7.57. The van der Waals surface area contributed by atoms with Crippen molar-refractivity contribution >= 4 is 50.1 Å². The number of rotatable bonds is 2. The molecule has 3 aromatic rings. The smallest absolute Gasteiger partial charge is 0.261 e. The second-order valence-electron chi connectivity index (χ2n) is 6.02. The Balaban J connectivity index is 1.88. The number of nitrogens with zero attached hydrogens (tertiary/aromatic N) is 2. The number of hydrogen-bond donors (Lipinski definition) is 1. The molecule has 0 radical (unpaired) electrons. The Morgan fingerprint density at radius 3 is 2.92 bits per heavy atom. The lowest BCUT2D eigenvalue weighted by atomic mass is 10.1.